The fourth-order valence-corrected chi connectivity index (χ4v) is 2.68. The predicted molar refractivity (Wildman–Crippen MR) is 83.1 cm³/mol. The molecule has 0 bridgehead atoms. The number of ketones is 1. The largest absolute Gasteiger partial charge is 0.300 e. The summed E-state index contributed by atoms with van der Waals surface area (Å²) in [5.74, 6) is -0.210. The molecule has 3 nitrogen and oxygen atoms in total. The van der Waals surface area contributed by atoms with E-state index in [1.807, 2.05) is 0 Å². The molecule has 0 spiro atoms. The third-order valence-electron chi connectivity index (χ3n) is 4.14. The number of piperazine rings is 1. The Kier molecular flexibility index (Phi) is 5.12. The Morgan fingerprint density at radius 1 is 1.10 bits per heavy atom. The van der Waals surface area contributed by atoms with E-state index >= 15 is 0 Å². The van der Waals surface area contributed by atoms with Crippen LogP contribution < -0.4 is 0 Å². The summed E-state index contributed by atoms with van der Waals surface area (Å²) in [5, 5.41) is 0. The van der Waals surface area contributed by atoms with Gasteiger partial charge in [0, 0.05) is 50.2 Å². The van der Waals surface area contributed by atoms with Crippen molar-refractivity contribution in [1.82, 2.24) is 9.80 Å². The molecule has 116 valence electrons. The molecule has 4 heteroatoms. The van der Waals surface area contributed by atoms with Crippen LogP contribution in [0, 0.1) is 5.82 Å². The number of rotatable bonds is 4. The second-order valence-corrected chi connectivity index (χ2v) is 6.68. The summed E-state index contributed by atoms with van der Waals surface area (Å²) in [6.45, 7) is 11.6. The van der Waals surface area contributed by atoms with Gasteiger partial charge in [-0.05, 0) is 45.0 Å². The number of carbonyl (C=O) groups is 1. The van der Waals surface area contributed by atoms with Crippen molar-refractivity contribution >= 4 is 5.78 Å². The summed E-state index contributed by atoms with van der Waals surface area (Å²) in [4.78, 5) is 16.9. The van der Waals surface area contributed by atoms with Gasteiger partial charge in [-0.25, -0.2) is 4.39 Å². The molecule has 0 radical (unpaired) electrons. The molecule has 0 atom stereocenters. The van der Waals surface area contributed by atoms with E-state index < -0.39 is 0 Å². The van der Waals surface area contributed by atoms with Crippen LogP contribution in [0.1, 0.15) is 37.6 Å². The molecule has 1 aliphatic heterocycles. The van der Waals surface area contributed by atoms with Crippen molar-refractivity contribution in [3.63, 3.8) is 0 Å². The molecular formula is C17H25FN2O. The van der Waals surface area contributed by atoms with Gasteiger partial charge in [0.05, 0.1) is 0 Å². The average molecular weight is 292 g/mol. The fourth-order valence-electron chi connectivity index (χ4n) is 2.68. The van der Waals surface area contributed by atoms with Crippen LogP contribution in [-0.2, 0) is 0 Å². The minimum absolute atomic E-state index is 0.0910. The number of halogens is 1. The Labute approximate surface area is 126 Å². The molecule has 0 aliphatic carbocycles. The van der Waals surface area contributed by atoms with Gasteiger partial charge in [0.1, 0.15) is 5.82 Å². The lowest BCUT2D eigenvalue weighted by Crippen LogP contribution is -2.53. The van der Waals surface area contributed by atoms with E-state index in [0.29, 0.717) is 12.0 Å². The molecule has 0 amide bonds. The summed E-state index contributed by atoms with van der Waals surface area (Å²) in [6.07, 6.45) is 0.501. The van der Waals surface area contributed by atoms with Crippen LogP contribution in [0.25, 0.3) is 0 Å². The Hall–Kier alpha value is -1.26. The van der Waals surface area contributed by atoms with Gasteiger partial charge in [-0.3, -0.25) is 9.69 Å². The lowest BCUT2D eigenvalue weighted by molar-refractivity contribution is 0.0602. The first-order chi connectivity index (χ1) is 9.86. The first kappa shape index (κ1) is 16.1. The van der Waals surface area contributed by atoms with Crippen LogP contribution >= 0.6 is 0 Å². The maximum Gasteiger partial charge on any atom is 0.164 e. The molecule has 1 aromatic carbocycles. The molecule has 21 heavy (non-hydrogen) atoms. The van der Waals surface area contributed by atoms with Crippen molar-refractivity contribution in [1.29, 1.82) is 0 Å². The SMILES string of the molecule is CC(C)(C)N1CCN(CCC(=O)c2ccc(F)cc2)CC1. The van der Waals surface area contributed by atoms with Gasteiger partial charge in [-0.15, -0.1) is 0 Å². The smallest absolute Gasteiger partial charge is 0.164 e. The molecule has 1 aliphatic rings. The molecule has 2 rings (SSSR count). The van der Waals surface area contributed by atoms with Crippen molar-refractivity contribution in [2.24, 2.45) is 0 Å². The topological polar surface area (TPSA) is 23.6 Å². The van der Waals surface area contributed by atoms with Gasteiger partial charge in [0.2, 0.25) is 0 Å². The molecule has 1 saturated heterocycles. The maximum absolute atomic E-state index is 12.8. The monoisotopic (exact) mass is 292 g/mol. The second kappa shape index (κ2) is 6.67. The number of hydrogen-bond donors (Lipinski definition) is 0. The highest BCUT2D eigenvalue weighted by molar-refractivity contribution is 5.96. The molecule has 0 aromatic heterocycles. The van der Waals surface area contributed by atoms with Crippen LogP contribution in [0.5, 0.6) is 0 Å². The minimum Gasteiger partial charge on any atom is -0.300 e. The van der Waals surface area contributed by atoms with Crippen molar-refractivity contribution in [3.8, 4) is 0 Å². The number of Topliss-reactive ketones (excluding diaryl/α,β-unsaturated/α-hetero) is 1. The standard InChI is InChI=1S/C17H25FN2O/c1-17(2,3)20-12-10-19(11-13-20)9-8-16(21)14-4-6-15(18)7-5-14/h4-7H,8-13H2,1-3H3. The van der Waals surface area contributed by atoms with Crippen LogP contribution in [0.4, 0.5) is 4.39 Å². The van der Waals surface area contributed by atoms with Crippen LogP contribution in [0.3, 0.4) is 0 Å². The summed E-state index contributed by atoms with van der Waals surface area (Å²) in [7, 11) is 0. The third-order valence-corrected chi connectivity index (χ3v) is 4.14. The number of benzene rings is 1. The average Bonchev–Trinajstić information content (AvgIpc) is 2.45. The van der Waals surface area contributed by atoms with Crippen molar-refractivity contribution in [2.45, 2.75) is 32.7 Å². The van der Waals surface area contributed by atoms with Gasteiger partial charge in [-0.2, -0.15) is 0 Å². The maximum atomic E-state index is 12.8. The van der Waals surface area contributed by atoms with Crippen molar-refractivity contribution < 1.29 is 9.18 Å². The van der Waals surface area contributed by atoms with Crippen molar-refractivity contribution in [3.05, 3.63) is 35.6 Å². The molecule has 1 heterocycles. The molecule has 0 unspecified atom stereocenters. The Morgan fingerprint density at radius 3 is 2.19 bits per heavy atom. The first-order valence-corrected chi connectivity index (χ1v) is 7.62. The Bertz CT molecular complexity index is 471. The van der Waals surface area contributed by atoms with Gasteiger partial charge >= 0.3 is 0 Å². The molecule has 0 N–H and O–H groups in total. The molecule has 0 saturated carbocycles. The lowest BCUT2D eigenvalue weighted by atomic mass is 10.0. The first-order valence-electron chi connectivity index (χ1n) is 7.62. The zero-order valence-electron chi connectivity index (χ0n) is 13.2. The van der Waals surface area contributed by atoms with E-state index in [1.54, 1.807) is 12.1 Å². The zero-order chi connectivity index (χ0) is 15.5. The Morgan fingerprint density at radius 2 is 1.67 bits per heavy atom. The number of hydrogen-bond acceptors (Lipinski definition) is 3. The number of carbonyl (C=O) groups excluding carboxylic acids is 1. The minimum atomic E-state index is -0.301. The van der Waals surface area contributed by atoms with E-state index in [1.165, 1.54) is 12.1 Å². The van der Waals surface area contributed by atoms with Crippen molar-refractivity contribution in [2.75, 3.05) is 32.7 Å². The molecule has 1 aromatic rings. The number of nitrogens with zero attached hydrogens (tertiary/aromatic N) is 2. The Balaban J connectivity index is 1.77. The van der Waals surface area contributed by atoms with Gasteiger partial charge in [0.15, 0.2) is 5.78 Å². The highest BCUT2D eigenvalue weighted by Gasteiger charge is 2.25. The van der Waals surface area contributed by atoms with E-state index in [9.17, 15) is 9.18 Å². The van der Waals surface area contributed by atoms with E-state index in [-0.39, 0.29) is 17.1 Å². The second-order valence-electron chi connectivity index (χ2n) is 6.68. The van der Waals surface area contributed by atoms with Gasteiger partial charge in [0.25, 0.3) is 0 Å². The van der Waals surface area contributed by atoms with E-state index in [4.69, 9.17) is 0 Å². The molecule has 1 fully saturated rings. The summed E-state index contributed by atoms with van der Waals surface area (Å²) in [5.41, 5.74) is 0.820. The van der Waals surface area contributed by atoms with Crippen LogP contribution in [-0.4, -0.2) is 53.8 Å². The summed E-state index contributed by atoms with van der Waals surface area (Å²) in [6, 6.07) is 5.81. The predicted octanol–water partition coefficient (Wildman–Crippen LogP) is 2.81. The quantitative estimate of drug-likeness (QED) is 0.797. The van der Waals surface area contributed by atoms with Gasteiger partial charge in [-0.1, -0.05) is 0 Å². The lowest BCUT2D eigenvalue weighted by Gasteiger charge is -2.42. The third kappa shape index (κ3) is 4.61. The van der Waals surface area contributed by atoms with Gasteiger partial charge < -0.3 is 4.90 Å². The van der Waals surface area contributed by atoms with E-state index in [0.717, 1.165) is 32.7 Å². The highest BCUT2D eigenvalue weighted by atomic mass is 19.1. The summed E-state index contributed by atoms with van der Waals surface area (Å²) >= 11 is 0. The fraction of sp³-hybridized carbons (Fsp3) is 0.588. The van der Waals surface area contributed by atoms with E-state index in [2.05, 4.69) is 30.6 Å². The summed E-state index contributed by atoms with van der Waals surface area (Å²) < 4.78 is 12.8. The normalized spacial score (nSPS) is 17.9. The highest BCUT2D eigenvalue weighted by Crippen LogP contribution is 2.16. The zero-order valence-corrected chi connectivity index (χ0v) is 13.2. The van der Waals surface area contributed by atoms with Crippen LogP contribution in [0.15, 0.2) is 24.3 Å². The van der Waals surface area contributed by atoms with Crippen LogP contribution in [0.2, 0.25) is 0 Å². The molecular weight excluding hydrogens is 267 g/mol.